The Morgan fingerprint density at radius 3 is 2.95 bits per heavy atom. The van der Waals surface area contributed by atoms with E-state index in [4.69, 9.17) is 9.15 Å². The summed E-state index contributed by atoms with van der Waals surface area (Å²) in [4.78, 5) is 0. The summed E-state index contributed by atoms with van der Waals surface area (Å²) in [6.45, 7) is 5.82. The molecule has 0 unspecified atom stereocenters. The van der Waals surface area contributed by atoms with Crippen LogP contribution in [0.1, 0.15) is 25.2 Å². The van der Waals surface area contributed by atoms with Crippen molar-refractivity contribution in [3.8, 4) is 17.1 Å². The monoisotopic (exact) mass is 257 g/mol. The first-order valence-corrected chi connectivity index (χ1v) is 6.80. The van der Waals surface area contributed by atoms with Crippen molar-refractivity contribution in [2.75, 3.05) is 6.61 Å². The lowest BCUT2D eigenvalue weighted by molar-refractivity contribution is 0.357. The highest BCUT2D eigenvalue weighted by atomic mass is 16.5. The maximum absolute atomic E-state index is 5.88. The van der Waals surface area contributed by atoms with Crippen molar-refractivity contribution in [2.24, 2.45) is 0 Å². The molecule has 3 nitrogen and oxygen atoms in total. The molecular formula is C16H19NO2. The predicted molar refractivity (Wildman–Crippen MR) is 75.3 cm³/mol. The van der Waals surface area contributed by atoms with Gasteiger partial charge in [-0.1, -0.05) is 13.8 Å². The molecule has 0 fully saturated rings. The molecule has 19 heavy (non-hydrogen) atoms. The van der Waals surface area contributed by atoms with E-state index in [2.05, 4.69) is 31.3 Å². The van der Waals surface area contributed by atoms with E-state index in [1.54, 1.807) is 0 Å². The van der Waals surface area contributed by atoms with Gasteiger partial charge in [0.25, 0.3) is 0 Å². The second-order valence-electron chi connectivity index (χ2n) is 5.22. The molecule has 0 radical (unpaired) electrons. The predicted octanol–water partition coefficient (Wildman–Crippen LogP) is 3.38. The molecule has 0 amide bonds. The fourth-order valence-corrected chi connectivity index (χ4v) is 2.27. The van der Waals surface area contributed by atoms with Crippen LogP contribution >= 0.6 is 0 Å². The van der Waals surface area contributed by atoms with Crippen LogP contribution in [0.25, 0.3) is 11.3 Å². The van der Waals surface area contributed by atoms with E-state index < -0.39 is 0 Å². The highest BCUT2D eigenvalue weighted by molar-refractivity contribution is 5.61. The highest BCUT2D eigenvalue weighted by Gasteiger charge is 2.14. The molecule has 0 saturated carbocycles. The van der Waals surface area contributed by atoms with Crippen LogP contribution in [0.5, 0.6) is 5.75 Å². The van der Waals surface area contributed by atoms with Crippen LogP contribution in [0.4, 0.5) is 0 Å². The number of rotatable bonds is 4. The van der Waals surface area contributed by atoms with Gasteiger partial charge in [0.15, 0.2) is 0 Å². The molecule has 100 valence electrons. The second kappa shape index (κ2) is 5.10. The Morgan fingerprint density at radius 2 is 2.11 bits per heavy atom. The first kappa shape index (κ1) is 12.3. The van der Waals surface area contributed by atoms with Gasteiger partial charge in [-0.2, -0.15) is 0 Å². The molecule has 1 aliphatic heterocycles. The maximum atomic E-state index is 5.88. The van der Waals surface area contributed by atoms with Crippen LogP contribution in [0.15, 0.2) is 34.7 Å². The van der Waals surface area contributed by atoms with E-state index >= 15 is 0 Å². The molecule has 2 heterocycles. The molecule has 0 atom stereocenters. The molecule has 0 spiro atoms. The van der Waals surface area contributed by atoms with E-state index in [1.807, 2.05) is 18.2 Å². The van der Waals surface area contributed by atoms with E-state index in [1.165, 1.54) is 5.56 Å². The fraction of sp³-hybridized carbons (Fsp3) is 0.375. The van der Waals surface area contributed by atoms with Crippen LogP contribution < -0.4 is 10.1 Å². The molecule has 2 aromatic rings. The van der Waals surface area contributed by atoms with Crippen molar-refractivity contribution < 1.29 is 9.15 Å². The number of hydrogen-bond donors (Lipinski definition) is 1. The molecule has 0 bridgehead atoms. The summed E-state index contributed by atoms with van der Waals surface area (Å²) in [6.07, 6.45) is 0.992. The summed E-state index contributed by atoms with van der Waals surface area (Å²) >= 11 is 0. The van der Waals surface area contributed by atoms with E-state index in [9.17, 15) is 0 Å². The van der Waals surface area contributed by atoms with Crippen LogP contribution in [-0.4, -0.2) is 12.6 Å². The van der Waals surface area contributed by atoms with Gasteiger partial charge in [0.2, 0.25) is 0 Å². The normalized spacial score (nSPS) is 13.6. The molecular weight excluding hydrogens is 238 g/mol. The zero-order valence-corrected chi connectivity index (χ0v) is 11.4. The van der Waals surface area contributed by atoms with E-state index in [0.29, 0.717) is 6.04 Å². The van der Waals surface area contributed by atoms with Crippen molar-refractivity contribution in [2.45, 2.75) is 32.9 Å². The molecule has 3 heteroatoms. The summed E-state index contributed by atoms with van der Waals surface area (Å²) < 4.78 is 11.4. The quantitative estimate of drug-likeness (QED) is 0.911. The topological polar surface area (TPSA) is 34.4 Å². The largest absolute Gasteiger partial charge is 0.493 e. The second-order valence-corrected chi connectivity index (χ2v) is 5.22. The average molecular weight is 257 g/mol. The Bertz CT molecular complexity index is 572. The summed E-state index contributed by atoms with van der Waals surface area (Å²) in [6, 6.07) is 10.8. The average Bonchev–Trinajstić information content (AvgIpc) is 3.04. The van der Waals surface area contributed by atoms with Crippen molar-refractivity contribution >= 4 is 0 Å². The van der Waals surface area contributed by atoms with Gasteiger partial charge in [-0.05, 0) is 35.9 Å². The zero-order valence-electron chi connectivity index (χ0n) is 11.4. The van der Waals surface area contributed by atoms with Crippen molar-refractivity contribution in [3.63, 3.8) is 0 Å². The zero-order chi connectivity index (χ0) is 13.2. The number of nitrogens with one attached hydrogen (secondary N) is 1. The smallest absolute Gasteiger partial charge is 0.134 e. The lowest BCUT2D eigenvalue weighted by atomic mass is 10.1. The van der Waals surface area contributed by atoms with E-state index in [-0.39, 0.29) is 0 Å². The Balaban J connectivity index is 1.79. The molecule has 1 N–H and O–H groups in total. The number of fused-ring (bicyclic) bond motifs is 1. The Labute approximate surface area is 113 Å². The van der Waals surface area contributed by atoms with Gasteiger partial charge in [-0.25, -0.2) is 0 Å². The van der Waals surface area contributed by atoms with Gasteiger partial charge in [-0.15, -0.1) is 0 Å². The van der Waals surface area contributed by atoms with Crippen LogP contribution in [0, 0.1) is 0 Å². The van der Waals surface area contributed by atoms with Gasteiger partial charge in [0, 0.05) is 18.0 Å². The summed E-state index contributed by atoms with van der Waals surface area (Å²) in [7, 11) is 0. The third-order valence-electron chi connectivity index (χ3n) is 3.32. The minimum atomic E-state index is 0.464. The van der Waals surface area contributed by atoms with Gasteiger partial charge >= 0.3 is 0 Å². The molecule has 1 aliphatic rings. The van der Waals surface area contributed by atoms with Gasteiger partial charge in [0.05, 0.1) is 13.2 Å². The lowest BCUT2D eigenvalue weighted by Gasteiger charge is -2.05. The van der Waals surface area contributed by atoms with Crippen molar-refractivity contribution in [3.05, 3.63) is 41.7 Å². The first-order chi connectivity index (χ1) is 9.22. The lowest BCUT2D eigenvalue weighted by Crippen LogP contribution is -2.21. The number of ether oxygens (including phenoxy) is 1. The Morgan fingerprint density at radius 1 is 1.21 bits per heavy atom. The van der Waals surface area contributed by atoms with Gasteiger partial charge < -0.3 is 14.5 Å². The van der Waals surface area contributed by atoms with E-state index in [0.717, 1.165) is 42.4 Å². The number of hydrogen-bond acceptors (Lipinski definition) is 3. The van der Waals surface area contributed by atoms with Gasteiger partial charge in [-0.3, -0.25) is 0 Å². The van der Waals surface area contributed by atoms with Crippen molar-refractivity contribution in [1.29, 1.82) is 0 Å². The van der Waals surface area contributed by atoms with Crippen LogP contribution in [0.2, 0.25) is 0 Å². The SMILES string of the molecule is CC(C)NCc1ccc(-c2ccc3c(c2)CCO3)o1. The minimum Gasteiger partial charge on any atom is -0.493 e. The molecule has 1 aromatic carbocycles. The number of benzene rings is 1. The highest BCUT2D eigenvalue weighted by Crippen LogP contribution is 2.31. The summed E-state index contributed by atoms with van der Waals surface area (Å²) in [5, 5.41) is 3.35. The first-order valence-electron chi connectivity index (χ1n) is 6.80. The standard InChI is InChI=1S/C16H19NO2/c1-11(2)17-10-14-4-6-16(19-14)12-3-5-15-13(9-12)7-8-18-15/h3-6,9,11,17H,7-8,10H2,1-2H3. The summed E-state index contributed by atoms with van der Waals surface area (Å²) in [5.41, 5.74) is 2.40. The molecule has 1 aromatic heterocycles. The Kier molecular flexibility index (Phi) is 3.30. The molecule has 0 aliphatic carbocycles. The fourth-order valence-electron chi connectivity index (χ4n) is 2.27. The van der Waals surface area contributed by atoms with Crippen molar-refractivity contribution in [1.82, 2.24) is 5.32 Å². The van der Waals surface area contributed by atoms with Gasteiger partial charge in [0.1, 0.15) is 17.3 Å². The van der Waals surface area contributed by atoms with Crippen LogP contribution in [-0.2, 0) is 13.0 Å². The third kappa shape index (κ3) is 2.66. The minimum absolute atomic E-state index is 0.464. The molecule has 3 rings (SSSR count). The third-order valence-corrected chi connectivity index (χ3v) is 3.32. The van der Waals surface area contributed by atoms with Crippen LogP contribution in [0.3, 0.4) is 0 Å². The summed E-state index contributed by atoms with van der Waals surface area (Å²) in [5.74, 6) is 2.91. The number of furan rings is 1. The Hall–Kier alpha value is -1.74. The maximum Gasteiger partial charge on any atom is 0.134 e. The molecule has 0 saturated heterocycles.